The fourth-order valence-electron chi connectivity index (χ4n) is 4.34. The van der Waals surface area contributed by atoms with Crippen molar-refractivity contribution in [1.82, 2.24) is 10.2 Å². The molecule has 2 aliphatic heterocycles. The molecule has 156 valence electrons. The number of halogens is 1. The first-order chi connectivity index (χ1) is 13.5. The van der Waals surface area contributed by atoms with E-state index >= 15 is 0 Å². The molecule has 0 unspecified atom stereocenters. The van der Waals surface area contributed by atoms with Gasteiger partial charge >= 0.3 is 0 Å². The first kappa shape index (κ1) is 20.4. The van der Waals surface area contributed by atoms with Crippen molar-refractivity contribution in [1.29, 1.82) is 0 Å². The summed E-state index contributed by atoms with van der Waals surface area (Å²) in [5.74, 6) is 0.735. The summed E-state index contributed by atoms with van der Waals surface area (Å²) in [4.78, 5) is 15.0. The van der Waals surface area contributed by atoms with E-state index in [2.05, 4.69) is 5.32 Å². The fraction of sp³-hybridized carbons (Fsp3) is 0.476. The van der Waals surface area contributed by atoms with E-state index in [4.69, 9.17) is 0 Å². The number of amides is 1. The molecule has 1 N–H and O–H groups in total. The molecule has 8 heteroatoms. The zero-order valence-corrected chi connectivity index (χ0v) is 17.8. The Morgan fingerprint density at radius 3 is 2.41 bits per heavy atom. The Labute approximate surface area is 177 Å². The third-order valence-electron chi connectivity index (χ3n) is 6.20. The van der Waals surface area contributed by atoms with Gasteiger partial charge in [-0.1, -0.05) is 24.3 Å². The molecule has 0 radical (unpaired) electrons. The maximum atomic E-state index is 13.0. The zero-order valence-electron chi connectivity index (χ0n) is 16.2. The van der Waals surface area contributed by atoms with Crippen LogP contribution in [0.25, 0.3) is 10.8 Å². The molecular weight excluding hydrogens is 410 g/mol. The van der Waals surface area contributed by atoms with E-state index in [0.29, 0.717) is 29.7 Å². The van der Waals surface area contributed by atoms with Gasteiger partial charge in [0, 0.05) is 24.5 Å². The van der Waals surface area contributed by atoms with Gasteiger partial charge in [0.2, 0.25) is 5.91 Å². The number of anilines is 1. The molecule has 5 rings (SSSR count). The molecule has 3 aliphatic rings. The average Bonchev–Trinajstić information content (AvgIpc) is 3.51. The third kappa shape index (κ3) is 3.71. The molecule has 2 aromatic rings. The molecule has 6 nitrogen and oxygen atoms in total. The van der Waals surface area contributed by atoms with Crippen molar-refractivity contribution in [3.63, 3.8) is 0 Å². The number of nitrogens with one attached hydrogen (secondary N) is 1. The molecule has 0 atom stereocenters. The summed E-state index contributed by atoms with van der Waals surface area (Å²) in [5, 5.41) is 5.22. The number of hydrogen-bond acceptors (Lipinski definition) is 4. The van der Waals surface area contributed by atoms with Crippen LogP contribution in [0, 0.1) is 5.92 Å². The van der Waals surface area contributed by atoms with Crippen LogP contribution in [0.2, 0.25) is 0 Å². The molecule has 0 aromatic heterocycles. The van der Waals surface area contributed by atoms with Gasteiger partial charge in [0.25, 0.3) is 10.0 Å². The molecular formula is C21H26ClN3O3S. The van der Waals surface area contributed by atoms with Crippen LogP contribution in [0.3, 0.4) is 0 Å². The van der Waals surface area contributed by atoms with Crippen molar-refractivity contribution in [3.8, 4) is 0 Å². The lowest BCUT2D eigenvalue weighted by atomic mass is 10.0. The number of nitrogens with zero attached hydrogens (tertiary/aromatic N) is 2. The van der Waals surface area contributed by atoms with E-state index in [1.807, 2.05) is 23.1 Å². The quantitative estimate of drug-likeness (QED) is 0.784. The maximum Gasteiger partial charge on any atom is 0.265 e. The van der Waals surface area contributed by atoms with Crippen LogP contribution in [0.4, 0.5) is 5.69 Å². The van der Waals surface area contributed by atoms with Gasteiger partial charge in [0.15, 0.2) is 0 Å². The number of sulfonamides is 1. The summed E-state index contributed by atoms with van der Waals surface area (Å²) in [6, 6.07) is 11.3. The minimum atomic E-state index is -3.68. The van der Waals surface area contributed by atoms with Crippen LogP contribution in [0.1, 0.15) is 25.7 Å². The van der Waals surface area contributed by atoms with Crippen LogP contribution < -0.4 is 9.62 Å². The summed E-state index contributed by atoms with van der Waals surface area (Å²) in [6.07, 6.45) is 4.54. The first-order valence-corrected chi connectivity index (χ1v) is 11.5. The van der Waals surface area contributed by atoms with Crippen molar-refractivity contribution in [2.45, 2.75) is 36.6 Å². The average molecular weight is 436 g/mol. The number of piperidine rings is 1. The lowest BCUT2D eigenvalue weighted by molar-refractivity contribution is -0.130. The van der Waals surface area contributed by atoms with Crippen molar-refractivity contribution in [2.24, 2.45) is 5.92 Å². The topological polar surface area (TPSA) is 69.7 Å². The predicted molar refractivity (Wildman–Crippen MR) is 116 cm³/mol. The second-order valence-corrected chi connectivity index (χ2v) is 9.98. The Hall–Kier alpha value is -1.83. The highest BCUT2D eigenvalue weighted by Gasteiger charge is 2.37. The van der Waals surface area contributed by atoms with Gasteiger partial charge in [0.05, 0.1) is 10.6 Å². The van der Waals surface area contributed by atoms with Gasteiger partial charge in [-0.2, -0.15) is 0 Å². The number of hydrogen-bond donors (Lipinski definition) is 1. The van der Waals surface area contributed by atoms with Crippen LogP contribution in [0.5, 0.6) is 0 Å². The molecule has 2 fully saturated rings. The van der Waals surface area contributed by atoms with Crippen molar-refractivity contribution in [3.05, 3.63) is 36.4 Å². The lowest BCUT2D eigenvalue weighted by Crippen LogP contribution is -2.48. The molecule has 1 saturated heterocycles. The Morgan fingerprint density at radius 1 is 1.03 bits per heavy atom. The maximum absolute atomic E-state index is 13.0. The van der Waals surface area contributed by atoms with Gasteiger partial charge in [0.1, 0.15) is 6.54 Å². The molecule has 2 aromatic carbocycles. The van der Waals surface area contributed by atoms with Gasteiger partial charge in [-0.3, -0.25) is 9.10 Å². The predicted octanol–water partition coefficient (Wildman–Crippen LogP) is 2.76. The Morgan fingerprint density at radius 2 is 1.72 bits per heavy atom. The smallest absolute Gasteiger partial charge is 0.265 e. The highest BCUT2D eigenvalue weighted by molar-refractivity contribution is 7.93. The summed E-state index contributed by atoms with van der Waals surface area (Å²) in [7, 11) is -3.68. The van der Waals surface area contributed by atoms with E-state index in [9.17, 15) is 13.2 Å². The van der Waals surface area contributed by atoms with Crippen LogP contribution >= 0.6 is 12.4 Å². The molecule has 1 saturated carbocycles. The second-order valence-electron chi connectivity index (χ2n) is 8.15. The highest BCUT2D eigenvalue weighted by Crippen LogP contribution is 2.41. The monoisotopic (exact) mass is 435 g/mol. The summed E-state index contributed by atoms with van der Waals surface area (Å²) in [6.45, 7) is 2.33. The minimum absolute atomic E-state index is 0. The van der Waals surface area contributed by atoms with Crippen LogP contribution in [0.15, 0.2) is 41.3 Å². The minimum Gasteiger partial charge on any atom is -0.341 e. The van der Waals surface area contributed by atoms with Gasteiger partial charge in [-0.25, -0.2) is 8.42 Å². The summed E-state index contributed by atoms with van der Waals surface area (Å²) >= 11 is 0. The summed E-state index contributed by atoms with van der Waals surface area (Å²) in [5.41, 5.74) is 0.613. The van der Waals surface area contributed by atoms with Gasteiger partial charge < -0.3 is 10.2 Å². The Kier molecular flexibility index (Phi) is 5.48. The largest absolute Gasteiger partial charge is 0.341 e. The standard InChI is InChI=1S/C21H25N3O3S.ClH/c25-20(23-11-9-17(10-12-23)22-13-15-7-8-15)14-24-18-5-1-3-16-4-2-6-19(21(16)18)28(24,26)27;/h1-6,15,17,22H,7-14H2;1H. The van der Waals surface area contributed by atoms with Crippen LogP contribution in [-0.4, -0.2) is 51.4 Å². The van der Waals surface area contributed by atoms with Crippen molar-refractivity contribution >= 4 is 44.8 Å². The van der Waals surface area contributed by atoms with E-state index in [1.165, 1.54) is 17.1 Å². The van der Waals surface area contributed by atoms with E-state index < -0.39 is 10.0 Å². The number of likely N-dealkylation sites (tertiary alicyclic amines) is 1. The Balaban J connectivity index is 0.00000205. The fourth-order valence-corrected chi connectivity index (χ4v) is 6.00. The van der Waals surface area contributed by atoms with E-state index in [0.717, 1.165) is 36.1 Å². The normalized spacial score (nSPS) is 20.7. The molecule has 1 amide bonds. The zero-order chi connectivity index (χ0) is 19.3. The Bertz CT molecular complexity index is 1030. The van der Waals surface area contributed by atoms with Crippen LogP contribution in [-0.2, 0) is 14.8 Å². The number of carbonyl (C=O) groups excluding carboxylic acids is 1. The molecule has 1 aliphatic carbocycles. The molecule has 29 heavy (non-hydrogen) atoms. The number of carbonyl (C=O) groups is 1. The summed E-state index contributed by atoms with van der Waals surface area (Å²) < 4.78 is 27.4. The SMILES string of the molecule is Cl.O=C(CN1c2cccc3cccc(c23)S1(=O)=O)N1CCC(NCC2CC2)CC1. The number of benzene rings is 2. The second kappa shape index (κ2) is 7.78. The highest BCUT2D eigenvalue weighted by atomic mass is 35.5. The van der Waals surface area contributed by atoms with E-state index in [-0.39, 0.29) is 24.9 Å². The first-order valence-electron chi connectivity index (χ1n) is 10.1. The van der Waals surface area contributed by atoms with Crippen molar-refractivity contribution in [2.75, 3.05) is 30.5 Å². The van der Waals surface area contributed by atoms with Gasteiger partial charge in [-0.05, 0) is 55.7 Å². The lowest BCUT2D eigenvalue weighted by Gasteiger charge is -2.33. The van der Waals surface area contributed by atoms with E-state index in [1.54, 1.807) is 18.2 Å². The number of rotatable bonds is 5. The third-order valence-corrected chi connectivity index (χ3v) is 8.00. The molecule has 0 spiro atoms. The van der Waals surface area contributed by atoms with Crippen molar-refractivity contribution < 1.29 is 13.2 Å². The van der Waals surface area contributed by atoms with Gasteiger partial charge in [-0.15, -0.1) is 12.4 Å². The molecule has 0 bridgehead atoms. The molecule has 2 heterocycles.